The van der Waals surface area contributed by atoms with Crippen LogP contribution < -0.4 is 0 Å². The van der Waals surface area contributed by atoms with Crippen molar-refractivity contribution in [3.63, 3.8) is 0 Å². The molecule has 0 aromatic carbocycles. The van der Waals surface area contributed by atoms with Gasteiger partial charge < -0.3 is 0 Å². The molecule has 13 heavy (non-hydrogen) atoms. The molecule has 2 rings (SSSR count). The van der Waals surface area contributed by atoms with Crippen molar-refractivity contribution in [1.82, 2.24) is 9.97 Å². The van der Waals surface area contributed by atoms with Gasteiger partial charge in [0.1, 0.15) is 0 Å². The lowest BCUT2D eigenvalue weighted by molar-refractivity contribution is 0.856. The molecule has 2 aromatic rings. The van der Waals surface area contributed by atoms with Gasteiger partial charge in [0.15, 0.2) is 0 Å². The molecule has 0 aliphatic rings. The highest BCUT2D eigenvalue weighted by Crippen LogP contribution is 2.26. The quantitative estimate of drug-likeness (QED) is 0.693. The van der Waals surface area contributed by atoms with Gasteiger partial charge in [0.25, 0.3) is 0 Å². The summed E-state index contributed by atoms with van der Waals surface area (Å²) in [5, 5.41) is 1.20. The zero-order valence-corrected chi connectivity index (χ0v) is 8.85. The van der Waals surface area contributed by atoms with Crippen molar-refractivity contribution < 1.29 is 0 Å². The van der Waals surface area contributed by atoms with E-state index in [-0.39, 0.29) is 0 Å². The fourth-order valence-corrected chi connectivity index (χ4v) is 2.23. The van der Waals surface area contributed by atoms with Crippen LogP contribution in [0.5, 0.6) is 0 Å². The van der Waals surface area contributed by atoms with E-state index >= 15 is 0 Å². The van der Waals surface area contributed by atoms with Gasteiger partial charge in [0.05, 0.1) is 21.4 Å². The van der Waals surface area contributed by atoms with Crippen LogP contribution in [0, 0.1) is 6.92 Å². The van der Waals surface area contributed by atoms with Crippen LogP contribution in [0.15, 0.2) is 12.3 Å². The Hall–Kier alpha value is -0.960. The molecule has 0 atom stereocenters. The van der Waals surface area contributed by atoms with E-state index in [4.69, 9.17) is 0 Å². The fraction of sp³-hybridized carbons (Fsp3) is 0.400. The summed E-state index contributed by atoms with van der Waals surface area (Å²) in [5.74, 6) is 0.512. The molecule has 0 amide bonds. The molecule has 68 valence electrons. The van der Waals surface area contributed by atoms with E-state index in [0.29, 0.717) is 5.92 Å². The van der Waals surface area contributed by atoms with Gasteiger partial charge >= 0.3 is 0 Å². The lowest BCUT2D eigenvalue weighted by atomic mass is 10.2. The average molecular weight is 192 g/mol. The van der Waals surface area contributed by atoms with Gasteiger partial charge in [-0.25, -0.2) is 4.98 Å². The Labute approximate surface area is 81.7 Å². The van der Waals surface area contributed by atoms with Crippen molar-refractivity contribution in [1.29, 1.82) is 0 Å². The maximum absolute atomic E-state index is 4.51. The van der Waals surface area contributed by atoms with Crippen molar-refractivity contribution >= 4 is 21.6 Å². The predicted molar refractivity (Wildman–Crippen MR) is 56.2 cm³/mol. The standard InChI is InChI=1S/C10H12N2S/c1-6(2)10-12-8-5-11-7(3)4-9(8)13-10/h4-6H,1-3H3. The van der Waals surface area contributed by atoms with Gasteiger partial charge in [-0.3, -0.25) is 4.98 Å². The zero-order valence-electron chi connectivity index (χ0n) is 8.03. The molecule has 2 aromatic heterocycles. The largest absolute Gasteiger partial charge is 0.259 e. The van der Waals surface area contributed by atoms with E-state index in [2.05, 4.69) is 29.9 Å². The van der Waals surface area contributed by atoms with Gasteiger partial charge in [-0.05, 0) is 13.0 Å². The van der Waals surface area contributed by atoms with Crippen LogP contribution in [-0.2, 0) is 0 Å². The number of aromatic nitrogens is 2. The second kappa shape index (κ2) is 3.07. The third-order valence-corrected chi connectivity index (χ3v) is 3.24. The van der Waals surface area contributed by atoms with E-state index in [1.54, 1.807) is 11.3 Å². The van der Waals surface area contributed by atoms with Gasteiger partial charge in [-0.1, -0.05) is 13.8 Å². The highest BCUT2D eigenvalue weighted by atomic mass is 32.1. The molecule has 0 saturated heterocycles. The summed E-state index contributed by atoms with van der Waals surface area (Å²) >= 11 is 1.77. The molecular weight excluding hydrogens is 180 g/mol. The molecule has 0 fully saturated rings. The molecule has 0 saturated carbocycles. The van der Waals surface area contributed by atoms with Crippen molar-refractivity contribution in [2.45, 2.75) is 26.7 Å². The predicted octanol–water partition coefficient (Wildman–Crippen LogP) is 3.12. The van der Waals surface area contributed by atoms with Crippen LogP contribution in [0.25, 0.3) is 10.2 Å². The SMILES string of the molecule is Cc1cc2sc(C(C)C)nc2cn1. The normalized spacial score (nSPS) is 11.4. The highest BCUT2D eigenvalue weighted by molar-refractivity contribution is 7.18. The number of aryl methyl sites for hydroxylation is 1. The molecule has 0 aliphatic heterocycles. The molecule has 0 N–H and O–H groups in total. The lowest BCUT2D eigenvalue weighted by Crippen LogP contribution is -1.83. The fourth-order valence-electron chi connectivity index (χ4n) is 1.19. The van der Waals surface area contributed by atoms with Crippen LogP contribution in [0.4, 0.5) is 0 Å². The monoisotopic (exact) mass is 192 g/mol. The molecular formula is C10H12N2S. The summed E-state index contributed by atoms with van der Waals surface area (Å²) in [6.07, 6.45) is 1.85. The Kier molecular flexibility index (Phi) is 2.04. The van der Waals surface area contributed by atoms with Crippen LogP contribution in [0.2, 0.25) is 0 Å². The summed E-state index contributed by atoms with van der Waals surface area (Å²) in [6.45, 7) is 6.34. The molecule has 0 unspecified atom stereocenters. The first-order valence-corrected chi connectivity index (χ1v) is 5.21. The molecule has 0 aliphatic carbocycles. The summed E-state index contributed by atoms with van der Waals surface area (Å²) in [4.78, 5) is 8.73. The minimum absolute atomic E-state index is 0.512. The van der Waals surface area contributed by atoms with Crippen LogP contribution in [0.3, 0.4) is 0 Å². The lowest BCUT2D eigenvalue weighted by Gasteiger charge is -1.94. The average Bonchev–Trinajstić information content (AvgIpc) is 2.46. The van der Waals surface area contributed by atoms with Crippen LogP contribution in [0.1, 0.15) is 30.5 Å². The number of hydrogen-bond donors (Lipinski definition) is 0. The molecule has 0 spiro atoms. The van der Waals surface area contributed by atoms with E-state index in [1.807, 2.05) is 13.1 Å². The summed E-state index contributed by atoms with van der Waals surface area (Å²) in [5.41, 5.74) is 2.09. The van der Waals surface area contributed by atoms with Crippen molar-refractivity contribution in [3.05, 3.63) is 23.0 Å². The van der Waals surface area contributed by atoms with E-state index in [1.165, 1.54) is 9.71 Å². The molecule has 2 heterocycles. The van der Waals surface area contributed by atoms with E-state index in [0.717, 1.165) is 11.2 Å². The Morgan fingerprint density at radius 1 is 1.38 bits per heavy atom. The second-order valence-corrected chi connectivity index (χ2v) is 4.56. The highest BCUT2D eigenvalue weighted by Gasteiger charge is 2.06. The van der Waals surface area contributed by atoms with E-state index in [9.17, 15) is 0 Å². The van der Waals surface area contributed by atoms with Crippen molar-refractivity contribution in [2.24, 2.45) is 0 Å². The summed E-state index contributed by atoms with van der Waals surface area (Å²) in [7, 11) is 0. The van der Waals surface area contributed by atoms with Gasteiger partial charge in [0.2, 0.25) is 0 Å². The Morgan fingerprint density at radius 3 is 2.85 bits per heavy atom. The third kappa shape index (κ3) is 1.56. The second-order valence-electron chi connectivity index (χ2n) is 3.50. The molecule has 0 radical (unpaired) electrons. The number of pyridine rings is 1. The van der Waals surface area contributed by atoms with Gasteiger partial charge in [-0.2, -0.15) is 0 Å². The first-order chi connectivity index (χ1) is 6.16. The molecule has 0 bridgehead atoms. The number of nitrogens with zero attached hydrogens (tertiary/aromatic N) is 2. The minimum atomic E-state index is 0.512. The smallest absolute Gasteiger partial charge is 0.0998 e. The van der Waals surface area contributed by atoms with Gasteiger partial charge in [-0.15, -0.1) is 11.3 Å². The van der Waals surface area contributed by atoms with Crippen molar-refractivity contribution in [2.75, 3.05) is 0 Å². The zero-order chi connectivity index (χ0) is 9.42. The van der Waals surface area contributed by atoms with E-state index < -0.39 is 0 Å². The first kappa shape index (κ1) is 8.63. The Morgan fingerprint density at radius 2 is 2.15 bits per heavy atom. The maximum atomic E-state index is 4.51. The number of hydrogen-bond acceptors (Lipinski definition) is 3. The molecule has 2 nitrogen and oxygen atoms in total. The van der Waals surface area contributed by atoms with Crippen LogP contribution in [-0.4, -0.2) is 9.97 Å². The summed E-state index contributed by atoms with van der Waals surface area (Å²) in [6, 6.07) is 2.10. The third-order valence-electron chi connectivity index (χ3n) is 1.92. The number of fused-ring (bicyclic) bond motifs is 1. The van der Waals surface area contributed by atoms with Gasteiger partial charge in [0, 0.05) is 11.6 Å². The summed E-state index contributed by atoms with van der Waals surface area (Å²) < 4.78 is 1.25. The topological polar surface area (TPSA) is 25.8 Å². The number of rotatable bonds is 1. The number of thiazole rings is 1. The molecule has 3 heteroatoms. The Bertz CT molecular complexity index is 431. The first-order valence-electron chi connectivity index (χ1n) is 4.40. The Balaban J connectivity index is 2.62. The maximum Gasteiger partial charge on any atom is 0.0998 e. The van der Waals surface area contributed by atoms with Crippen molar-refractivity contribution in [3.8, 4) is 0 Å². The minimum Gasteiger partial charge on any atom is -0.259 e. The van der Waals surface area contributed by atoms with Crippen LogP contribution >= 0.6 is 11.3 Å².